The zero-order chi connectivity index (χ0) is 11.1. The second-order valence-electron chi connectivity index (χ2n) is 5.43. The molecular weight excluding hydrogens is 216 g/mol. The van der Waals surface area contributed by atoms with Crippen molar-refractivity contribution < 1.29 is 17.8 Å². The van der Waals surface area contributed by atoms with Crippen LogP contribution < -0.4 is 0 Å². The molecule has 0 spiro atoms. The molecule has 3 aliphatic carbocycles. The Labute approximate surface area is 88.8 Å². The van der Waals surface area contributed by atoms with Crippen LogP contribution in [0.2, 0.25) is 0 Å². The molecule has 15 heavy (non-hydrogen) atoms. The molecule has 1 N–H and O–H groups in total. The number of hydrogen-bond donors (Lipinski definition) is 1. The van der Waals surface area contributed by atoms with Gasteiger partial charge in [0.05, 0.1) is 11.2 Å². The summed E-state index contributed by atoms with van der Waals surface area (Å²) in [5.41, 5.74) is -0.844. The minimum Gasteiger partial charge on any atom is -0.299 e. The molecule has 0 aliphatic heterocycles. The Hall–Kier alpha value is -0.420. The second-order valence-corrected chi connectivity index (χ2v) is 6.89. The Kier molecular flexibility index (Phi) is 1.50. The third kappa shape index (κ3) is 0.877. The molecule has 4 nitrogen and oxygen atoms in total. The lowest BCUT2D eigenvalue weighted by Gasteiger charge is -2.15. The average Bonchev–Trinajstić information content (AvgIpc) is 2.35. The first kappa shape index (κ1) is 9.78. The van der Waals surface area contributed by atoms with Crippen molar-refractivity contribution in [3.8, 4) is 0 Å². The summed E-state index contributed by atoms with van der Waals surface area (Å²) in [6.45, 7) is 2.02. The molecule has 3 fully saturated rings. The van der Waals surface area contributed by atoms with Crippen molar-refractivity contribution in [2.24, 2.45) is 22.7 Å². The third-order valence-electron chi connectivity index (χ3n) is 5.19. The van der Waals surface area contributed by atoms with Crippen LogP contribution in [0.1, 0.15) is 26.2 Å². The summed E-state index contributed by atoms with van der Waals surface area (Å²) in [5, 5.41) is 0. The van der Waals surface area contributed by atoms with Crippen molar-refractivity contribution in [3.05, 3.63) is 0 Å². The highest BCUT2D eigenvalue weighted by Gasteiger charge is 2.85. The predicted octanol–water partition coefficient (Wildman–Crippen LogP) is 0.879. The van der Waals surface area contributed by atoms with Gasteiger partial charge in [-0.2, -0.15) is 8.42 Å². The Morgan fingerprint density at radius 1 is 1.47 bits per heavy atom. The SMILES string of the molecule is CC12C3CCC1C2(CS(=O)(=O)O)C(=O)C3. The van der Waals surface area contributed by atoms with E-state index in [-0.39, 0.29) is 22.9 Å². The molecule has 0 aromatic carbocycles. The van der Waals surface area contributed by atoms with Crippen LogP contribution in [-0.4, -0.2) is 24.5 Å². The summed E-state index contributed by atoms with van der Waals surface area (Å²) in [6, 6.07) is 0. The zero-order valence-electron chi connectivity index (χ0n) is 8.56. The maximum Gasteiger partial charge on any atom is 0.265 e. The summed E-state index contributed by atoms with van der Waals surface area (Å²) in [7, 11) is -4.04. The van der Waals surface area contributed by atoms with E-state index in [1.54, 1.807) is 0 Å². The minimum atomic E-state index is -4.04. The second kappa shape index (κ2) is 2.30. The van der Waals surface area contributed by atoms with Gasteiger partial charge >= 0.3 is 0 Å². The lowest BCUT2D eigenvalue weighted by atomic mass is 9.91. The Morgan fingerprint density at radius 2 is 2.13 bits per heavy atom. The van der Waals surface area contributed by atoms with E-state index in [9.17, 15) is 13.2 Å². The van der Waals surface area contributed by atoms with Crippen molar-refractivity contribution in [1.29, 1.82) is 0 Å². The van der Waals surface area contributed by atoms with Gasteiger partial charge in [0.15, 0.2) is 0 Å². The fourth-order valence-electron chi connectivity index (χ4n) is 4.52. The quantitative estimate of drug-likeness (QED) is 0.715. The van der Waals surface area contributed by atoms with E-state index >= 15 is 0 Å². The molecule has 4 atom stereocenters. The van der Waals surface area contributed by atoms with Crippen LogP contribution in [0.15, 0.2) is 0 Å². The van der Waals surface area contributed by atoms with E-state index in [4.69, 9.17) is 4.55 Å². The summed E-state index contributed by atoms with van der Waals surface area (Å²) < 4.78 is 30.9. The van der Waals surface area contributed by atoms with Gasteiger partial charge in [0, 0.05) is 6.42 Å². The first-order valence-corrected chi connectivity index (χ1v) is 6.92. The molecule has 0 bridgehead atoms. The summed E-state index contributed by atoms with van der Waals surface area (Å²) in [4.78, 5) is 11.9. The highest BCUT2D eigenvalue weighted by Crippen LogP contribution is 2.84. The lowest BCUT2D eigenvalue weighted by molar-refractivity contribution is -0.122. The number of Topliss-reactive ketones (excluding diaryl/α,β-unsaturated/α-hetero) is 1. The maximum atomic E-state index is 11.9. The van der Waals surface area contributed by atoms with Crippen molar-refractivity contribution in [3.63, 3.8) is 0 Å². The van der Waals surface area contributed by atoms with Crippen molar-refractivity contribution in [2.75, 3.05) is 5.75 Å². The van der Waals surface area contributed by atoms with E-state index in [0.717, 1.165) is 12.8 Å². The van der Waals surface area contributed by atoms with E-state index < -0.39 is 15.5 Å². The van der Waals surface area contributed by atoms with E-state index in [0.29, 0.717) is 12.3 Å². The van der Waals surface area contributed by atoms with Crippen LogP contribution >= 0.6 is 0 Å². The van der Waals surface area contributed by atoms with Crippen LogP contribution in [0.25, 0.3) is 0 Å². The standard InChI is InChI=1S/C10H14O4S/c1-9-6-2-3-7(9)10(9,8(11)4-6)5-15(12,13)14/h6-7H,2-5H2,1H3,(H,12,13,14). The van der Waals surface area contributed by atoms with Gasteiger partial charge in [-0.1, -0.05) is 6.92 Å². The number of ketones is 1. The molecular formula is C10H14O4S. The van der Waals surface area contributed by atoms with Gasteiger partial charge < -0.3 is 0 Å². The Bertz CT molecular complexity index is 454. The number of fused-ring (bicyclic) bond motifs is 1. The van der Waals surface area contributed by atoms with Crippen LogP contribution in [0, 0.1) is 22.7 Å². The largest absolute Gasteiger partial charge is 0.299 e. The molecule has 3 rings (SSSR count). The topological polar surface area (TPSA) is 71.4 Å². The molecule has 0 aromatic heterocycles. The van der Waals surface area contributed by atoms with Gasteiger partial charge in [-0.05, 0) is 30.1 Å². The number of rotatable bonds is 2. The van der Waals surface area contributed by atoms with Gasteiger partial charge in [0.2, 0.25) is 0 Å². The highest BCUT2D eigenvalue weighted by molar-refractivity contribution is 7.85. The summed E-state index contributed by atoms with van der Waals surface area (Å²) in [5.74, 6) is 0.279. The molecule has 0 saturated heterocycles. The fourth-order valence-corrected chi connectivity index (χ4v) is 5.77. The zero-order valence-corrected chi connectivity index (χ0v) is 9.38. The Balaban J connectivity index is 2.05. The lowest BCUT2D eigenvalue weighted by Crippen LogP contribution is -2.27. The molecule has 5 heteroatoms. The van der Waals surface area contributed by atoms with Gasteiger partial charge in [-0.25, -0.2) is 0 Å². The van der Waals surface area contributed by atoms with Crippen LogP contribution in [0.4, 0.5) is 0 Å². The molecule has 0 amide bonds. The van der Waals surface area contributed by atoms with Crippen LogP contribution in [0.5, 0.6) is 0 Å². The van der Waals surface area contributed by atoms with Crippen molar-refractivity contribution in [2.45, 2.75) is 26.2 Å². The first-order valence-electron chi connectivity index (χ1n) is 5.31. The van der Waals surface area contributed by atoms with E-state index in [1.807, 2.05) is 6.92 Å². The summed E-state index contributed by atoms with van der Waals surface area (Å²) >= 11 is 0. The highest BCUT2D eigenvalue weighted by atomic mass is 32.2. The number of carbonyl (C=O) groups excluding carboxylic acids is 1. The Morgan fingerprint density at radius 3 is 2.67 bits per heavy atom. The molecule has 4 unspecified atom stereocenters. The van der Waals surface area contributed by atoms with Gasteiger partial charge in [-0.3, -0.25) is 9.35 Å². The molecule has 0 radical (unpaired) electrons. The molecule has 3 aliphatic rings. The van der Waals surface area contributed by atoms with Crippen molar-refractivity contribution >= 4 is 15.9 Å². The van der Waals surface area contributed by atoms with Gasteiger partial charge in [-0.15, -0.1) is 0 Å². The predicted molar refractivity (Wildman–Crippen MR) is 52.8 cm³/mol. The fraction of sp³-hybridized carbons (Fsp3) is 0.900. The van der Waals surface area contributed by atoms with Crippen LogP contribution in [-0.2, 0) is 14.9 Å². The van der Waals surface area contributed by atoms with Gasteiger partial charge in [0.1, 0.15) is 5.78 Å². The monoisotopic (exact) mass is 230 g/mol. The molecule has 0 aromatic rings. The van der Waals surface area contributed by atoms with E-state index in [1.165, 1.54) is 0 Å². The van der Waals surface area contributed by atoms with Crippen molar-refractivity contribution in [1.82, 2.24) is 0 Å². The van der Waals surface area contributed by atoms with E-state index in [2.05, 4.69) is 0 Å². The van der Waals surface area contributed by atoms with Gasteiger partial charge in [0.25, 0.3) is 10.1 Å². The number of hydrogen-bond acceptors (Lipinski definition) is 3. The normalized spacial score (nSPS) is 52.0. The molecule has 0 heterocycles. The minimum absolute atomic E-state index is 0.0649. The van der Waals surface area contributed by atoms with Crippen LogP contribution in [0.3, 0.4) is 0 Å². The number of carbonyl (C=O) groups is 1. The first-order chi connectivity index (χ1) is 6.82. The smallest absolute Gasteiger partial charge is 0.265 e. The summed E-state index contributed by atoms with van der Waals surface area (Å²) in [6.07, 6.45) is 2.51. The maximum absolute atomic E-state index is 11.9. The molecule has 3 saturated carbocycles. The third-order valence-corrected chi connectivity index (χ3v) is 6.01. The average molecular weight is 230 g/mol. The molecule has 84 valence electrons.